The molecule has 2 atom stereocenters. The van der Waals surface area contributed by atoms with E-state index >= 15 is 0 Å². The number of hydrogen-bond acceptors (Lipinski definition) is 3. The van der Waals surface area contributed by atoms with Gasteiger partial charge < -0.3 is 0 Å². The Morgan fingerprint density at radius 1 is 1.29 bits per heavy atom. The summed E-state index contributed by atoms with van der Waals surface area (Å²) in [4.78, 5) is 0.160. The second kappa shape index (κ2) is 4.84. The Morgan fingerprint density at radius 3 is 2.52 bits per heavy atom. The van der Waals surface area contributed by atoms with Gasteiger partial charge in [-0.25, -0.2) is 8.42 Å². The number of halogens is 2. The fraction of sp³-hybridized carbons (Fsp3) is 0.714. The highest BCUT2D eigenvalue weighted by Crippen LogP contribution is 2.54. The summed E-state index contributed by atoms with van der Waals surface area (Å²) in [6, 6.07) is 1.54. The highest BCUT2D eigenvalue weighted by atomic mass is 35.5. The van der Waals surface area contributed by atoms with Gasteiger partial charge >= 0.3 is 0 Å². The van der Waals surface area contributed by atoms with E-state index in [1.165, 1.54) is 6.07 Å². The standard InChI is InChI=1S/C14H19Cl2NO2S2/c1-13(2)5-9-6-14(3,7-13)8-17(9)21(18,19)10-4-11(15)20-12(10)16/h4,9H,5-8H2,1-3H3. The topological polar surface area (TPSA) is 37.4 Å². The first-order valence-corrected chi connectivity index (χ1v) is 10.0. The monoisotopic (exact) mass is 367 g/mol. The number of nitrogens with zero attached hydrogens (tertiary/aromatic N) is 1. The third-order valence-corrected chi connectivity index (χ3v) is 8.23. The Balaban J connectivity index is 2.00. The van der Waals surface area contributed by atoms with Gasteiger partial charge in [-0.2, -0.15) is 4.31 Å². The smallest absolute Gasteiger partial charge is 0.207 e. The molecule has 0 amide bonds. The normalized spacial score (nSPS) is 32.5. The van der Waals surface area contributed by atoms with Gasteiger partial charge in [0.15, 0.2) is 0 Å². The van der Waals surface area contributed by atoms with Crippen molar-refractivity contribution in [1.82, 2.24) is 4.31 Å². The SMILES string of the molecule is CC1(C)CC2CC(C)(CN2S(=O)(=O)c2cc(Cl)sc2Cl)C1. The van der Waals surface area contributed by atoms with E-state index < -0.39 is 10.0 Å². The molecule has 118 valence electrons. The zero-order chi connectivity index (χ0) is 15.6. The largest absolute Gasteiger partial charge is 0.245 e. The average molecular weight is 368 g/mol. The van der Waals surface area contributed by atoms with E-state index in [4.69, 9.17) is 23.2 Å². The van der Waals surface area contributed by atoms with Crippen molar-refractivity contribution < 1.29 is 8.42 Å². The minimum Gasteiger partial charge on any atom is -0.207 e. The Kier molecular flexibility index (Phi) is 3.70. The van der Waals surface area contributed by atoms with Crippen LogP contribution in [0.3, 0.4) is 0 Å². The average Bonchev–Trinajstić information content (AvgIpc) is 2.75. The van der Waals surface area contributed by atoms with Crippen LogP contribution in [0.4, 0.5) is 0 Å². The van der Waals surface area contributed by atoms with Gasteiger partial charge in [-0.3, -0.25) is 0 Å². The Morgan fingerprint density at radius 2 is 1.95 bits per heavy atom. The maximum Gasteiger partial charge on any atom is 0.245 e. The first kappa shape index (κ1) is 16.1. The minimum atomic E-state index is -3.56. The number of thiophene rings is 1. The highest BCUT2D eigenvalue weighted by molar-refractivity contribution is 7.89. The molecule has 0 spiro atoms. The summed E-state index contributed by atoms with van der Waals surface area (Å²) in [5, 5.41) is 0. The van der Waals surface area contributed by atoms with Crippen LogP contribution < -0.4 is 0 Å². The van der Waals surface area contributed by atoms with Crippen molar-refractivity contribution in [1.29, 1.82) is 0 Å². The molecule has 0 aromatic carbocycles. The molecule has 2 heterocycles. The molecular weight excluding hydrogens is 349 g/mol. The van der Waals surface area contributed by atoms with Crippen molar-refractivity contribution in [2.45, 2.75) is 51.0 Å². The molecule has 1 saturated carbocycles. The van der Waals surface area contributed by atoms with Crippen LogP contribution in [0.2, 0.25) is 8.67 Å². The number of rotatable bonds is 2. The summed E-state index contributed by atoms with van der Waals surface area (Å²) in [6.07, 6.45) is 2.89. The van der Waals surface area contributed by atoms with E-state index in [-0.39, 0.29) is 26.1 Å². The molecule has 7 heteroatoms. The van der Waals surface area contributed by atoms with Crippen molar-refractivity contribution in [3.05, 3.63) is 14.7 Å². The first-order chi connectivity index (χ1) is 9.52. The van der Waals surface area contributed by atoms with Crippen molar-refractivity contribution in [2.75, 3.05) is 6.54 Å². The Bertz CT molecular complexity index is 683. The van der Waals surface area contributed by atoms with Crippen LogP contribution in [0.1, 0.15) is 40.0 Å². The third kappa shape index (κ3) is 2.76. The van der Waals surface area contributed by atoms with Crippen molar-refractivity contribution in [3.63, 3.8) is 0 Å². The summed E-state index contributed by atoms with van der Waals surface area (Å²) >= 11 is 13.1. The fourth-order valence-corrected chi connectivity index (χ4v) is 8.21. The lowest BCUT2D eigenvalue weighted by atomic mass is 9.65. The second-order valence-corrected chi connectivity index (χ2v) is 11.6. The van der Waals surface area contributed by atoms with Gasteiger partial charge in [-0.1, -0.05) is 44.0 Å². The predicted molar refractivity (Wildman–Crippen MR) is 87.8 cm³/mol. The molecule has 2 fully saturated rings. The molecule has 1 aromatic rings. The predicted octanol–water partition coefficient (Wildman–Crippen LogP) is 4.64. The number of fused-ring (bicyclic) bond motifs is 2. The van der Waals surface area contributed by atoms with Crippen LogP contribution >= 0.6 is 34.5 Å². The molecular formula is C14H19Cl2NO2S2. The maximum absolute atomic E-state index is 13.0. The van der Waals surface area contributed by atoms with Gasteiger partial charge in [0.05, 0.1) is 4.34 Å². The molecule has 21 heavy (non-hydrogen) atoms. The van der Waals surface area contributed by atoms with Crippen LogP contribution in [-0.4, -0.2) is 25.3 Å². The van der Waals surface area contributed by atoms with Gasteiger partial charge in [0, 0.05) is 12.6 Å². The summed E-state index contributed by atoms with van der Waals surface area (Å²) < 4.78 is 28.2. The van der Waals surface area contributed by atoms with Crippen molar-refractivity contribution >= 4 is 44.6 Å². The lowest BCUT2D eigenvalue weighted by molar-refractivity contribution is 0.133. The lowest BCUT2D eigenvalue weighted by Crippen LogP contribution is -2.37. The molecule has 3 rings (SSSR count). The maximum atomic E-state index is 13.0. The molecule has 2 aliphatic rings. The molecule has 0 N–H and O–H groups in total. The quantitative estimate of drug-likeness (QED) is 0.762. The number of hydrogen-bond donors (Lipinski definition) is 0. The summed E-state index contributed by atoms with van der Waals surface area (Å²) in [7, 11) is -3.56. The molecule has 1 saturated heterocycles. The van der Waals surface area contributed by atoms with E-state index in [0.717, 1.165) is 30.6 Å². The van der Waals surface area contributed by atoms with Crippen LogP contribution in [0.15, 0.2) is 11.0 Å². The summed E-state index contributed by atoms with van der Waals surface area (Å²) in [5.74, 6) is 0. The molecule has 2 unspecified atom stereocenters. The Hall–Kier alpha value is 0.190. The molecule has 0 radical (unpaired) electrons. The molecule has 1 aliphatic carbocycles. The molecule has 1 aliphatic heterocycles. The first-order valence-electron chi connectivity index (χ1n) is 6.99. The minimum absolute atomic E-state index is 0.0613. The fourth-order valence-electron chi connectivity index (χ4n) is 4.32. The van der Waals surface area contributed by atoms with E-state index in [0.29, 0.717) is 10.9 Å². The zero-order valence-electron chi connectivity index (χ0n) is 12.3. The Labute approximate surface area is 140 Å². The van der Waals surface area contributed by atoms with Crippen molar-refractivity contribution in [3.8, 4) is 0 Å². The van der Waals surface area contributed by atoms with Gasteiger partial charge in [-0.05, 0) is 36.2 Å². The van der Waals surface area contributed by atoms with Crippen LogP contribution in [-0.2, 0) is 10.0 Å². The van der Waals surface area contributed by atoms with Gasteiger partial charge in [0.25, 0.3) is 0 Å². The van der Waals surface area contributed by atoms with E-state index in [2.05, 4.69) is 20.8 Å². The number of sulfonamides is 1. The molecule has 3 nitrogen and oxygen atoms in total. The van der Waals surface area contributed by atoms with Crippen LogP contribution in [0.5, 0.6) is 0 Å². The van der Waals surface area contributed by atoms with E-state index in [9.17, 15) is 8.42 Å². The van der Waals surface area contributed by atoms with Crippen LogP contribution in [0, 0.1) is 10.8 Å². The zero-order valence-corrected chi connectivity index (χ0v) is 15.5. The molecule has 1 aromatic heterocycles. The summed E-state index contributed by atoms with van der Waals surface area (Å²) in [5.41, 5.74) is 0.240. The molecule has 2 bridgehead atoms. The van der Waals surface area contributed by atoms with Crippen molar-refractivity contribution in [2.24, 2.45) is 10.8 Å². The van der Waals surface area contributed by atoms with Gasteiger partial charge in [0.1, 0.15) is 9.23 Å². The van der Waals surface area contributed by atoms with E-state index in [1.807, 2.05) is 0 Å². The lowest BCUT2D eigenvalue weighted by Gasteiger charge is -2.39. The highest BCUT2D eigenvalue weighted by Gasteiger charge is 2.53. The van der Waals surface area contributed by atoms with E-state index in [1.54, 1.807) is 4.31 Å². The second-order valence-electron chi connectivity index (χ2n) is 7.45. The van der Waals surface area contributed by atoms with Gasteiger partial charge in [-0.15, -0.1) is 11.3 Å². The third-order valence-electron chi connectivity index (χ3n) is 4.58. The summed E-state index contributed by atoms with van der Waals surface area (Å²) in [6.45, 7) is 7.22. The van der Waals surface area contributed by atoms with Gasteiger partial charge in [0.2, 0.25) is 10.0 Å². The van der Waals surface area contributed by atoms with Crippen LogP contribution in [0.25, 0.3) is 0 Å².